The van der Waals surface area contributed by atoms with Crippen molar-refractivity contribution >= 4 is 23.5 Å². The molecule has 0 aliphatic carbocycles. The summed E-state index contributed by atoms with van der Waals surface area (Å²) in [6.07, 6.45) is 0.910. The molecule has 0 radical (unpaired) electrons. The minimum atomic E-state index is -1.07. The number of carbonyl (C=O) groups excluding carboxylic acids is 3. The lowest BCUT2D eigenvalue weighted by Crippen LogP contribution is -2.35. The molecule has 0 unspecified atom stereocenters. The van der Waals surface area contributed by atoms with Crippen molar-refractivity contribution in [2.45, 2.75) is 32.8 Å². The molecule has 0 aromatic heterocycles. The Kier molecular flexibility index (Phi) is 9.05. The van der Waals surface area contributed by atoms with E-state index in [2.05, 4.69) is 17.6 Å². The summed E-state index contributed by atoms with van der Waals surface area (Å²) in [6.45, 7) is 3.72. The molecule has 1 atom stereocenters. The molecule has 0 aliphatic rings. The van der Waals surface area contributed by atoms with E-state index in [1.165, 1.54) is 13.0 Å². The zero-order chi connectivity index (χ0) is 22.6. The van der Waals surface area contributed by atoms with E-state index >= 15 is 0 Å². The molecule has 0 bridgehead atoms. The lowest BCUT2D eigenvalue weighted by molar-refractivity contribution is -0.152. The molecule has 0 spiro atoms. The second-order valence-electron chi connectivity index (χ2n) is 6.72. The molecule has 0 aliphatic heterocycles. The van der Waals surface area contributed by atoms with E-state index in [9.17, 15) is 14.4 Å². The molecule has 2 aromatic rings. The molecule has 2 N–H and O–H groups in total. The molecule has 31 heavy (non-hydrogen) atoms. The number of nitrogens with zero attached hydrogens (tertiary/aromatic N) is 1. The Hall–Kier alpha value is -3.86. The van der Waals surface area contributed by atoms with Gasteiger partial charge in [0.05, 0.1) is 18.2 Å². The molecular weight excluding hydrogens is 398 g/mol. The third kappa shape index (κ3) is 7.82. The zero-order valence-electron chi connectivity index (χ0n) is 17.5. The number of nitriles is 1. The quantitative estimate of drug-likeness (QED) is 0.448. The Labute approximate surface area is 181 Å². The van der Waals surface area contributed by atoms with Crippen molar-refractivity contribution in [2.75, 3.05) is 18.5 Å². The van der Waals surface area contributed by atoms with Crippen molar-refractivity contribution in [1.82, 2.24) is 5.32 Å². The average molecular weight is 423 g/mol. The van der Waals surface area contributed by atoms with Crippen molar-refractivity contribution in [3.63, 3.8) is 0 Å². The summed E-state index contributed by atoms with van der Waals surface area (Å²) in [6, 6.07) is 14.9. The molecule has 2 aromatic carbocycles. The minimum Gasteiger partial charge on any atom is -0.494 e. The number of amides is 2. The standard InChI is InChI=1S/C23H25N3O5/c1-3-4-12-30-20-10-8-18(9-11-20)23(29)25-15-21(27)31-16(2)22(28)26-19-7-5-6-17(13-19)14-24/h5-11,13,16H,3-4,12,15H2,1-2H3,(H,25,29)(H,26,28)/t16-/m1/s1. The zero-order valence-corrected chi connectivity index (χ0v) is 17.5. The summed E-state index contributed by atoms with van der Waals surface area (Å²) in [7, 11) is 0. The highest BCUT2D eigenvalue weighted by atomic mass is 16.5. The third-order valence-electron chi connectivity index (χ3n) is 4.21. The molecule has 8 heteroatoms. The molecule has 0 fully saturated rings. The van der Waals surface area contributed by atoms with Gasteiger partial charge < -0.3 is 20.1 Å². The SMILES string of the molecule is CCCCOc1ccc(C(=O)NCC(=O)O[C@H](C)C(=O)Nc2cccc(C#N)c2)cc1. The highest BCUT2D eigenvalue weighted by Crippen LogP contribution is 2.13. The van der Waals surface area contributed by atoms with E-state index in [4.69, 9.17) is 14.7 Å². The maximum absolute atomic E-state index is 12.2. The van der Waals surface area contributed by atoms with Crippen LogP contribution in [0.25, 0.3) is 0 Å². The van der Waals surface area contributed by atoms with Gasteiger partial charge in [-0.25, -0.2) is 0 Å². The topological polar surface area (TPSA) is 118 Å². The van der Waals surface area contributed by atoms with E-state index in [1.54, 1.807) is 42.5 Å². The van der Waals surface area contributed by atoms with Crippen LogP contribution < -0.4 is 15.4 Å². The Morgan fingerprint density at radius 3 is 2.55 bits per heavy atom. The van der Waals surface area contributed by atoms with Crippen molar-refractivity contribution < 1.29 is 23.9 Å². The number of ether oxygens (including phenoxy) is 2. The fourth-order valence-electron chi connectivity index (χ4n) is 2.49. The monoisotopic (exact) mass is 423 g/mol. The number of unbranched alkanes of at least 4 members (excludes halogenated alkanes) is 1. The molecule has 8 nitrogen and oxygen atoms in total. The summed E-state index contributed by atoms with van der Waals surface area (Å²) in [5.41, 5.74) is 1.19. The van der Waals surface area contributed by atoms with E-state index in [0.29, 0.717) is 29.2 Å². The number of anilines is 1. The fourth-order valence-corrected chi connectivity index (χ4v) is 2.49. The van der Waals surface area contributed by atoms with Crippen LogP contribution in [0.4, 0.5) is 5.69 Å². The Morgan fingerprint density at radius 1 is 1.13 bits per heavy atom. The molecule has 2 rings (SSSR count). The van der Waals surface area contributed by atoms with Gasteiger partial charge in [-0.1, -0.05) is 19.4 Å². The van der Waals surface area contributed by atoms with Crippen LogP contribution >= 0.6 is 0 Å². The van der Waals surface area contributed by atoms with Crippen LogP contribution in [0, 0.1) is 11.3 Å². The van der Waals surface area contributed by atoms with Crippen LogP contribution in [0.5, 0.6) is 5.75 Å². The molecular formula is C23H25N3O5. The number of hydrogen-bond acceptors (Lipinski definition) is 6. The van der Waals surface area contributed by atoms with Crippen LogP contribution in [0.1, 0.15) is 42.6 Å². The van der Waals surface area contributed by atoms with Crippen LogP contribution in [0.15, 0.2) is 48.5 Å². The van der Waals surface area contributed by atoms with Crippen molar-refractivity contribution in [1.29, 1.82) is 5.26 Å². The van der Waals surface area contributed by atoms with Gasteiger partial charge in [0.15, 0.2) is 6.10 Å². The van der Waals surface area contributed by atoms with Crippen molar-refractivity contribution in [3.8, 4) is 11.8 Å². The predicted molar refractivity (Wildman–Crippen MR) is 115 cm³/mol. The van der Waals surface area contributed by atoms with Gasteiger partial charge in [-0.05, 0) is 55.8 Å². The van der Waals surface area contributed by atoms with Crippen molar-refractivity contribution in [2.24, 2.45) is 0 Å². The highest BCUT2D eigenvalue weighted by molar-refractivity contribution is 5.97. The average Bonchev–Trinajstić information content (AvgIpc) is 2.78. The van der Waals surface area contributed by atoms with E-state index in [-0.39, 0.29) is 6.54 Å². The van der Waals surface area contributed by atoms with Crippen LogP contribution in [0.3, 0.4) is 0 Å². The highest BCUT2D eigenvalue weighted by Gasteiger charge is 2.18. The van der Waals surface area contributed by atoms with E-state index < -0.39 is 23.9 Å². The molecule has 0 saturated heterocycles. The number of rotatable bonds is 10. The van der Waals surface area contributed by atoms with Gasteiger partial charge in [0.25, 0.3) is 11.8 Å². The van der Waals surface area contributed by atoms with Crippen LogP contribution in [-0.2, 0) is 14.3 Å². The van der Waals surface area contributed by atoms with Gasteiger partial charge in [0.2, 0.25) is 0 Å². The first-order chi connectivity index (χ1) is 14.9. The van der Waals surface area contributed by atoms with Gasteiger partial charge in [0.1, 0.15) is 12.3 Å². The van der Waals surface area contributed by atoms with Gasteiger partial charge in [-0.2, -0.15) is 5.26 Å². The van der Waals surface area contributed by atoms with Gasteiger partial charge >= 0.3 is 5.97 Å². The lowest BCUT2D eigenvalue weighted by Gasteiger charge is -2.14. The maximum Gasteiger partial charge on any atom is 0.326 e. The van der Waals surface area contributed by atoms with Crippen molar-refractivity contribution in [3.05, 3.63) is 59.7 Å². The fraction of sp³-hybridized carbons (Fsp3) is 0.304. The normalized spacial score (nSPS) is 11.0. The number of carbonyl (C=O) groups is 3. The second kappa shape index (κ2) is 12.0. The Morgan fingerprint density at radius 2 is 1.87 bits per heavy atom. The summed E-state index contributed by atoms with van der Waals surface area (Å²) >= 11 is 0. The first kappa shape index (κ1) is 23.4. The summed E-state index contributed by atoms with van der Waals surface area (Å²) < 4.78 is 10.6. The largest absolute Gasteiger partial charge is 0.494 e. The van der Waals surface area contributed by atoms with E-state index in [0.717, 1.165) is 12.8 Å². The van der Waals surface area contributed by atoms with Gasteiger partial charge in [-0.15, -0.1) is 0 Å². The molecule has 0 heterocycles. The molecule has 2 amide bonds. The third-order valence-corrected chi connectivity index (χ3v) is 4.21. The van der Waals surface area contributed by atoms with Crippen LogP contribution in [-0.4, -0.2) is 37.0 Å². The number of esters is 1. The first-order valence-corrected chi connectivity index (χ1v) is 9.94. The molecule has 162 valence electrons. The number of hydrogen-bond donors (Lipinski definition) is 2. The minimum absolute atomic E-state index is 0.374. The lowest BCUT2D eigenvalue weighted by atomic mass is 10.2. The Balaban J connectivity index is 1.77. The summed E-state index contributed by atoms with van der Waals surface area (Å²) in [5.74, 6) is -1.07. The number of benzene rings is 2. The number of nitrogens with one attached hydrogen (secondary N) is 2. The predicted octanol–water partition coefficient (Wildman–Crippen LogP) is 3.04. The first-order valence-electron chi connectivity index (χ1n) is 9.94. The summed E-state index contributed by atoms with van der Waals surface area (Å²) in [5, 5.41) is 13.9. The Bertz CT molecular complexity index is 950. The maximum atomic E-state index is 12.2. The molecule has 0 saturated carbocycles. The van der Waals surface area contributed by atoms with E-state index in [1.807, 2.05) is 6.07 Å². The second-order valence-corrected chi connectivity index (χ2v) is 6.72. The van der Waals surface area contributed by atoms with Gasteiger partial charge in [-0.3, -0.25) is 14.4 Å². The van der Waals surface area contributed by atoms with Gasteiger partial charge in [0, 0.05) is 11.3 Å². The van der Waals surface area contributed by atoms with Crippen LogP contribution in [0.2, 0.25) is 0 Å². The summed E-state index contributed by atoms with van der Waals surface area (Å²) in [4.78, 5) is 36.3. The smallest absolute Gasteiger partial charge is 0.326 e.